The van der Waals surface area contributed by atoms with Gasteiger partial charge < -0.3 is 41.2 Å². The van der Waals surface area contributed by atoms with Crippen LogP contribution in [-0.4, -0.2) is 67.5 Å². The summed E-state index contributed by atoms with van der Waals surface area (Å²) in [6.45, 7) is 3.78. The predicted octanol–water partition coefficient (Wildman–Crippen LogP) is 3.57. The van der Waals surface area contributed by atoms with Crippen molar-refractivity contribution in [2.24, 2.45) is 5.73 Å². The molecule has 0 bridgehead atoms. The second-order valence-corrected chi connectivity index (χ2v) is 9.32. The van der Waals surface area contributed by atoms with Gasteiger partial charge in [0.15, 0.2) is 0 Å². The molecule has 43 heavy (non-hydrogen) atoms. The number of rotatable bonds is 18. The summed E-state index contributed by atoms with van der Waals surface area (Å²) in [6.07, 6.45) is 0. The van der Waals surface area contributed by atoms with Crippen molar-refractivity contribution in [3.05, 3.63) is 95.6 Å². The van der Waals surface area contributed by atoms with Gasteiger partial charge in [-0.05, 0) is 47.5 Å². The number of benzene rings is 3. The van der Waals surface area contributed by atoms with E-state index in [9.17, 15) is 4.79 Å². The van der Waals surface area contributed by atoms with E-state index in [4.69, 9.17) is 19.9 Å². The number of methoxy groups -OCH3 is 1. The van der Waals surface area contributed by atoms with Crippen LogP contribution in [-0.2, 0) is 22.6 Å². The molecule has 0 spiro atoms. The van der Waals surface area contributed by atoms with Gasteiger partial charge in [0.1, 0.15) is 5.75 Å². The van der Waals surface area contributed by atoms with Gasteiger partial charge in [0.2, 0.25) is 17.8 Å². The third kappa shape index (κ3) is 10.9. The number of ether oxygens (including phenoxy) is 3. The molecule has 4 aromatic rings. The molecular formula is C31H38N8O4. The molecule has 0 aliphatic rings. The van der Waals surface area contributed by atoms with E-state index in [-0.39, 0.29) is 5.91 Å². The first-order valence-electron chi connectivity index (χ1n) is 14.0. The Morgan fingerprint density at radius 2 is 1.33 bits per heavy atom. The van der Waals surface area contributed by atoms with E-state index >= 15 is 0 Å². The van der Waals surface area contributed by atoms with Crippen LogP contribution in [0.5, 0.6) is 5.75 Å². The zero-order valence-electron chi connectivity index (χ0n) is 24.2. The maximum Gasteiger partial charge on any atom is 0.251 e. The summed E-state index contributed by atoms with van der Waals surface area (Å²) < 4.78 is 15.9. The lowest BCUT2D eigenvalue weighted by atomic mass is 10.2. The first-order chi connectivity index (χ1) is 21.1. The number of nitrogens with two attached hydrogens (primary N) is 1. The Balaban J connectivity index is 1.35. The average Bonchev–Trinajstić information content (AvgIpc) is 3.05. The molecule has 6 N–H and O–H groups in total. The van der Waals surface area contributed by atoms with Crippen LogP contribution in [0.4, 0.5) is 23.5 Å². The molecule has 0 atom stereocenters. The van der Waals surface area contributed by atoms with Gasteiger partial charge in [-0.25, -0.2) is 0 Å². The number of amides is 1. The average molecular weight is 587 g/mol. The lowest BCUT2D eigenvalue weighted by molar-refractivity contribution is 0.0511. The standard InChI is InChI=1S/C31H38N8O4/c1-41-27-13-7-24(8-14-27)22-35-30-37-29(34-21-23-5-3-2-4-6-23)38-31(39-30)36-26-11-9-25(10-12-26)28(40)33-16-18-43-20-19-42-17-15-32/h2-14H,15-22,32H2,1H3,(H,33,40)(H3,34,35,36,37,38,39). The Hall–Kier alpha value is -4.78. The van der Waals surface area contributed by atoms with Gasteiger partial charge >= 0.3 is 0 Å². The van der Waals surface area contributed by atoms with Crippen LogP contribution < -0.4 is 31.7 Å². The van der Waals surface area contributed by atoms with E-state index in [1.807, 2.05) is 54.6 Å². The number of hydrogen-bond acceptors (Lipinski definition) is 11. The lowest BCUT2D eigenvalue weighted by Gasteiger charge is -2.12. The summed E-state index contributed by atoms with van der Waals surface area (Å²) >= 11 is 0. The molecule has 4 rings (SSSR count). The molecule has 226 valence electrons. The van der Waals surface area contributed by atoms with Crippen LogP contribution >= 0.6 is 0 Å². The molecule has 0 saturated carbocycles. The maximum absolute atomic E-state index is 12.5. The lowest BCUT2D eigenvalue weighted by Crippen LogP contribution is -2.27. The third-order valence-electron chi connectivity index (χ3n) is 6.11. The quantitative estimate of drug-likeness (QED) is 0.109. The first kappa shape index (κ1) is 31.2. The summed E-state index contributed by atoms with van der Waals surface area (Å²) in [6, 6.07) is 24.8. The molecule has 3 aromatic carbocycles. The molecule has 1 amide bonds. The molecule has 0 radical (unpaired) electrons. The second kappa shape index (κ2) is 17.2. The largest absolute Gasteiger partial charge is 0.497 e. The van der Waals surface area contributed by atoms with Crippen molar-refractivity contribution >= 4 is 29.4 Å². The maximum atomic E-state index is 12.5. The summed E-state index contributed by atoms with van der Waals surface area (Å²) in [5, 5.41) is 12.6. The number of nitrogens with zero attached hydrogens (tertiary/aromatic N) is 3. The second-order valence-electron chi connectivity index (χ2n) is 9.32. The van der Waals surface area contributed by atoms with E-state index in [0.29, 0.717) is 76.0 Å². The number of nitrogens with one attached hydrogen (secondary N) is 4. The minimum absolute atomic E-state index is 0.188. The zero-order valence-corrected chi connectivity index (χ0v) is 24.2. The number of carbonyl (C=O) groups excluding carboxylic acids is 1. The normalized spacial score (nSPS) is 10.7. The van der Waals surface area contributed by atoms with E-state index in [0.717, 1.165) is 22.6 Å². The van der Waals surface area contributed by atoms with Crippen LogP contribution in [0.2, 0.25) is 0 Å². The molecule has 0 saturated heterocycles. The molecule has 0 aliphatic heterocycles. The Kier molecular flexibility index (Phi) is 12.5. The van der Waals surface area contributed by atoms with E-state index in [2.05, 4.69) is 36.2 Å². The number of carbonyl (C=O) groups is 1. The van der Waals surface area contributed by atoms with Crippen LogP contribution in [0.25, 0.3) is 0 Å². The summed E-state index contributed by atoms with van der Waals surface area (Å²) in [4.78, 5) is 26.2. The third-order valence-corrected chi connectivity index (χ3v) is 6.11. The first-order valence-corrected chi connectivity index (χ1v) is 14.0. The van der Waals surface area contributed by atoms with Crippen molar-refractivity contribution in [3.8, 4) is 5.75 Å². The molecule has 1 heterocycles. The Morgan fingerprint density at radius 1 is 0.721 bits per heavy atom. The molecular weight excluding hydrogens is 548 g/mol. The van der Waals surface area contributed by atoms with Crippen LogP contribution in [0.15, 0.2) is 78.9 Å². The van der Waals surface area contributed by atoms with Crippen molar-refractivity contribution < 1.29 is 19.0 Å². The van der Waals surface area contributed by atoms with Crippen molar-refractivity contribution in [2.75, 3.05) is 62.6 Å². The van der Waals surface area contributed by atoms with Gasteiger partial charge in [0.25, 0.3) is 5.91 Å². The monoisotopic (exact) mass is 586 g/mol. The fraction of sp³-hybridized carbons (Fsp3) is 0.290. The topological polar surface area (TPSA) is 158 Å². The van der Waals surface area contributed by atoms with Crippen LogP contribution in [0, 0.1) is 0 Å². The van der Waals surface area contributed by atoms with E-state index in [1.165, 1.54) is 0 Å². The van der Waals surface area contributed by atoms with Crippen molar-refractivity contribution in [1.29, 1.82) is 0 Å². The molecule has 0 fully saturated rings. The summed E-state index contributed by atoms with van der Waals surface area (Å²) in [5.74, 6) is 1.79. The molecule has 1 aromatic heterocycles. The Morgan fingerprint density at radius 3 is 1.95 bits per heavy atom. The van der Waals surface area contributed by atoms with Crippen molar-refractivity contribution in [1.82, 2.24) is 20.3 Å². The Labute approximate surface area is 251 Å². The van der Waals surface area contributed by atoms with Crippen molar-refractivity contribution in [2.45, 2.75) is 13.1 Å². The van der Waals surface area contributed by atoms with Gasteiger partial charge in [0, 0.05) is 37.4 Å². The fourth-order valence-electron chi connectivity index (χ4n) is 3.87. The SMILES string of the molecule is COc1ccc(CNc2nc(NCc3ccccc3)nc(Nc3ccc(C(=O)NCCOCCOCCN)cc3)n2)cc1. The van der Waals surface area contributed by atoms with E-state index in [1.54, 1.807) is 31.4 Å². The minimum atomic E-state index is -0.188. The minimum Gasteiger partial charge on any atom is -0.497 e. The smallest absolute Gasteiger partial charge is 0.251 e. The highest BCUT2D eigenvalue weighted by Crippen LogP contribution is 2.18. The molecule has 0 aliphatic carbocycles. The zero-order chi connectivity index (χ0) is 30.1. The highest BCUT2D eigenvalue weighted by molar-refractivity contribution is 5.94. The number of aromatic nitrogens is 3. The van der Waals surface area contributed by atoms with Crippen LogP contribution in [0.1, 0.15) is 21.5 Å². The van der Waals surface area contributed by atoms with Crippen LogP contribution in [0.3, 0.4) is 0 Å². The van der Waals surface area contributed by atoms with Gasteiger partial charge in [0.05, 0.1) is 33.5 Å². The fourth-order valence-corrected chi connectivity index (χ4v) is 3.87. The Bertz CT molecular complexity index is 1390. The number of anilines is 4. The number of hydrogen-bond donors (Lipinski definition) is 5. The molecule has 0 unspecified atom stereocenters. The predicted molar refractivity (Wildman–Crippen MR) is 167 cm³/mol. The molecule has 12 nitrogen and oxygen atoms in total. The van der Waals surface area contributed by atoms with E-state index < -0.39 is 0 Å². The van der Waals surface area contributed by atoms with Gasteiger partial charge in [-0.2, -0.15) is 15.0 Å². The summed E-state index contributed by atoms with van der Waals surface area (Å²) in [7, 11) is 1.64. The highest BCUT2D eigenvalue weighted by atomic mass is 16.5. The highest BCUT2D eigenvalue weighted by Gasteiger charge is 2.10. The van der Waals surface area contributed by atoms with Gasteiger partial charge in [-0.1, -0.05) is 42.5 Å². The molecule has 12 heteroatoms. The van der Waals surface area contributed by atoms with Crippen molar-refractivity contribution in [3.63, 3.8) is 0 Å². The van der Waals surface area contributed by atoms with Gasteiger partial charge in [-0.15, -0.1) is 0 Å². The summed E-state index contributed by atoms with van der Waals surface area (Å²) in [5.41, 5.74) is 8.77. The van der Waals surface area contributed by atoms with Gasteiger partial charge in [-0.3, -0.25) is 4.79 Å².